The van der Waals surface area contributed by atoms with E-state index < -0.39 is 0 Å². The molecule has 0 aliphatic heterocycles. The molecule has 0 aliphatic rings. The number of hydrogen-bond acceptors (Lipinski definition) is 3. The molecule has 0 saturated carbocycles. The summed E-state index contributed by atoms with van der Waals surface area (Å²) in [7, 11) is 0. The van der Waals surface area contributed by atoms with E-state index >= 15 is 0 Å². The number of hydrogen-bond donors (Lipinski definition) is 1. The molecule has 2 nitrogen and oxygen atoms in total. The van der Waals surface area contributed by atoms with Crippen LogP contribution in [-0.4, -0.2) is 5.11 Å². The largest absolute Gasteiger partial charge is 0.488 e. The van der Waals surface area contributed by atoms with E-state index in [-0.39, 0.29) is 6.61 Å². The van der Waals surface area contributed by atoms with E-state index in [1.807, 2.05) is 24.3 Å². The molecule has 3 rings (SSSR count). The topological polar surface area (TPSA) is 29.5 Å². The highest BCUT2D eigenvalue weighted by Crippen LogP contribution is 2.30. The summed E-state index contributed by atoms with van der Waals surface area (Å²) in [5, 5.41) is 13.2. The first kappa shape index (κ1) is 13.4. The standard InChI is InChI=1S/C16H13ClO2S/c17-14-5-3-6-15(13(14)8-18)19-9-11-10-20-16-7-2-1-4-12(11)16/h1-7,10,18H,8-9H2. The first-order chi connectivity index (χ1) is 9.79. The van der Waals surface area contributed by atoms with Crippen molar-refractivity contribution in [2.24, 2.45) is 0 Å². The van der Waals surface area contributed by atoms with E-state index in [1.165, 1.54) is 10.1 Å². The molecule has 1 heterocycles. The van der Waals surface area contributed by atoms with Gasteiger partial charge in [0.2, 0.25) is 0 Å². The van der Waals surface area contributed by atoms with Crippen LogP contribution in [0.3, 0.4) is 0 Å². The van der Waals surface area contributed by atoms with Crippen LogP contribution in [0.4, 0.5) is 0 Å². The van der Waals surface area contributed by atoms with E-state index in [0.29, 0.717) is 22.9 Å². The molecule has 102 valence electrons. The van der Waals surface area contributed by atoms with E-state index in [9.17, 15) is 5.11 Å². The quantitative estimate of drug-likeness (QED) is 0.761. The van der Waals surface area contributed by atoms with Crippen molar-refractivity contribution in [1.82, 2.24) is 0 Å². The Morgan fingerprint density at radius 3 is 2.80 bits per heavy atom. The zero-order chi connectivity index (χ0) is 13.9. The lowest BCUT2D eigenvalue weighted by atomic mass is 10.2. The Balaban J connectivity index is 1.85. The maximum absolute atomic E-state index is 9.37. The Hall–Kier alpha value is -1.55. The van der Waals surface area contributed by atoms with Gasteiger partial charge < -0.3 is 9.84 Å². The fraction of sp³-hybridized carbons (Fsp3) is 0.125. The van der Waals surface area contributed by atoms with Crippen LogP contribution in [0.15, 0.2) is 47.8 Å². The van der Waals surface area contributed by atoms with Gasteiger partial charge in [0.05, 0.1) is 6.61 Å². The minimum Gasteiger partial charge on any atom is -0.488 e. The molecule has 0 radical (unpaired) electrons. The maximum atomic E-state index is 9.37. The van der Waals surface area contributed by atoms with Gasteiger partial charge in [0.25, 0.3) is 0 Å². The number of aliphatic hydroxyl groups excluding tert-OH is 1. The monoisotopic (exact) mass is 304 g/mol. The van der Waals surface area contributed by atoms with E-state index in [2.05, 4.69) is 17.5 Å². The van der Waals surface area contributed by atoms with Gasteiger partial charge >= 0.3 is 0 Å². The van der Waals surface area contributed by atoms with Crippen LogP contribution < -0.4 is 4.74 Å². The van der Waals surface area contributed by atoms with Crippen molar-refractivity contribution >= 4 is 33.0 Å². The van der Waals surface area contributed by atoms with Crippen LogP contribution in [0.25, 0.3) is 10.1 Å². The zero-order valence-corrected chi connectivity index (χ0v) is 12.2. The Bertz CT molecular complexity index is 736. The first-order valence-corrected chi connectivity index (χ1v) is 7.51. The second-order valence-electron chi connectivity index (χ2n) is 4.42. The van der Waals surface area contributed by atoms with E-state index in [0.717, 1.165) is 5.56 Å². The van der Waals surface area contributed by atoms with Gasteiger partial charge in [-0.2, -0.15) is 0 Å². The summed E-state index contributed by atoms with van der Waals surface area (Å²) >= 11 is 7.75. The van der Waals surface area contributed by atoms with Crippen LogP contribution in [0.2, 0.25) is 5.02 Å². The molecule has 20 heavy (non-hydrogen) atoms. The van der Waals surface area contributed by atoms with E-state index in [1.54, 1.807) is 17.4 Å². The van der Waals surface area contributed by atoms with Gasteiger partial charge in [-0.05, 0) is 29.0 Å². The molecule has 0 saturated heterocycles. The molecule has 3 aromatic rings. The number of benzene rings is 2. The molecular weight excluding hydrogens is 292 g/mol. The van der Waals surface area contributed by atoms with Crippen molar-refractivity contribution in [3.63, 3.8) is 0 Å². The molecule has 0 bridgehead atoms. The molecule has 2 aromatic carbocycles. The normalized spacial score (nSPS) is 10.9. The van der Waals surface area contributed by atoms with Crippen molar-refractivity contribution in [2.45, 2.75) is 13.2 Å². The second kappa shape index (κ2) is 5.83. The van der Waals surface area contributed by atoms with Crippen LogP contribution in [0.5, 0.6) is 5.75 Å². The molecule has 4 heteroatoms. The minimum absolute atomic E-state index is 0.126. The number of fused-ring (bicyclic) bond motifs is 1. The Labute approximate surface area is 126 Å². The van der Waals surface area contributed by atoms with Crippen LogP contribution in [-0.2, 0) is 13.2 Å². The van der Waals surface area contributed by atoms with Crippen molar-refractivity contribution in [3.05, 3.63) is 64.0 Å². The number of halogens is 1. The summed E-state index contributed by atoms with van der Waals surface area (Å²) < 4.78 is 7.07. The Morgan fingerprint density at radius 1 is 1.10 bits per heavy atom. The predicted molar refractivity (Wildman–Crippen MR) is 83.5 cm³/mol. The fourth-order valence-corrected chi connectivity index (χ4v) is 3.30. The smallest absolute Gasteiger partial charge is 0.126 e. The summed E-state index contributed by atoms with van der Waals surface area (Å²) in [6, 6.07) is 13.6. The SMILES string of the molecule is OCc1c(Cl)cccc1OCc1csc2ccccc12. The third kappa shape index (κ3) is 2.52. The predicted octanol–water partition coefficient (Wildman–Crippen LogP) is 4.63. The summed E-state index contributed by atoms with van der Waals surface area (Å²) in [4.78, 5) is 0. The Morgan fingerprint density at radius 2 is 1.95 bits per heavy atom. The Kier molecular flexibility index (Phi) is 3.92. The van der Waals surface area contributed by atoms with Gasteiger partial charge in [0.15, 0.2) is 0 Å². The van der Waals surface area contributed by atoms with Gasteiger partial charge in [-0.1, -0.05) is 35.9 Å². The molecular formula is C16H13ClO2S. The summed E-state index contributed by atoms with van der Waals surface area (Å²) in [5.74, 6) is 0.635. The molecule has 0 amide bonds. The number of aliphatic hydroxyl groups is 1. The number of rotatable bonds is 4. The lowest BCUT2D eigenvalue weighted by molar-refractivity contribution is 0.259. The molecule has 0 unspecified atom stereocenters. The molecule has 0 spiro atoms. The van der Waals surface area contributed by atoms with Crippen molar-refractivity contribution in [3.8, 4) is 5.75 Å². The molecule has 1 aromatic heterocycles. The minimum atomic E-state index is -0.126. The summed E-state index contributed by atoms with van der Waals surface area (Å²) in [6.45, 7) is 0.344. The maximum Gasteiger partial charge on any atom is 0.126 e. The van der Waals surface area contributed by atoms with Crippen LogP contribution >= 0.6 is 22.9 Å². The van der Waals surface area contributed by atoms with Gasteiger partial charge in [0.1, 0.15) is 12.4 Å². The van der Waals surface area contributed by atoms with Crippen molar-refractivity contribution in [1.29, 1.82) is 0 Å². The molecule has 1 N–H and O–H groups in total. The van der Waals surface area contributed by atoms with Gasteiger partial charge in [-0.25, -0.2) is 0 Å². The van der Waals surface area contributed by atoms with Gasteiger partial charge in [-0.15, -0.1) is 11.3 Å². The third-order valence-electron chi connectivity index (χ3n) is 3.18. The molecule has 0 fully saturated rings. The second-order valence-corrected chi connectivity index (χ2v) is 5.74. The van der Waals surface area contributed by atoms with Crippen molar-refractivity contribution < 1.29 is 9.84 Å². The number of thiophene rings is 1. The summed E-state index contributed by atoms with van der Waals surface area (Å²) in [6.07, 6.45) is 0. The fourth-order valence-electron chi connectivity index (χ4n) is 2.13. The zero-order valence-electron chi connectivity index (χ0n) is 10.7. The van der Waals surface area contributed by atoms with Gasteiger partial charge in [0, 0.05) is 20.8 Å². The number of ether oxygens (including phenoxy) is 1. The first-order valence-electron chi connectivity index (χ1n) is 6.25. The highest BCUT2D eigenvalue weighted by atomic mass is 35.5. The van der Waals surface area contributed by atoms with Crippen LogP contribution in [0.1, 0.15) is 11.1 Å². The van der Waals surface area contributed by atoms with Crippen molar-refractivity contribution in [2.75, 3.05) is 0 Å². The van der Waals surface area contributed by atoms with Crippen LogP contribution in [0, 0.1) is 0 Å². The van der Waals surface area contributed by atoms with Gasteiger partial charge in [-0.3, -0.25) is 0 Å². The average Bonchev–Trinajstić information content (AvgIpc) is 2.88. The highest BCUT2D eigenvalue weighted by molar-refractivity contribution is 7.17. The molecule has 0 atom stereocenters. The highest BCUT2D eigenvalue weighted by Gasteiger charge is 2.09. The average molecular weight is 305 g/mol. The lowest BCUT2D eigenvalue weighted by Crippen LogP contribution is -1.98. The third-order valence-corrected chi connectivity index (χ3v) is 4.54. The molecule has 0 aliphatic carbocycles. The lowest BCUT2D eigenvalue weighted by Gasteiger charge is -2.11. The summed E-state index contributed by atoms with van der Waals surface area (Å²) in [5.41, 5.74) is 1.78. The van der Waals surface area contributed by atoms with E-state index in [4.69, 9.17) is 16.3 Å².